The highest BCUT2D eigenvalue weighted by Crippen LogP contribution is 2.38. The van der Waals surface area contributed by atoms with Crippen LogP contribution in [0.2, 0.25) is 5.02 Å². The number of halogens is 7. The van der Waals surface area contributed by atoms with Gasteiger partial charge in [-0.25, -0.2) is 0 Å². The SMILES string of the molecule is CCCC(=O)N[C@@H](Nc1cc(Cl)ccc1C(F)(F)F)C(Cl)(Cl)Cl. The third kappa shape index (κ3) is 6.45. The summed E-state index contributed by atoms with van der Waals surface area (Å²) in [5, 5.41) is 4.80. The molecule has 1 atom stereocenters. The second kappa shape index (κ2) is 8.01. The van der Waals surface area contributed by atoms with Gasteiger partial charge in [0.05, 0.1) is 5.56 Å². The van der Waals surface area contributed by atoms with Crippen molar-refractivity contribution in [2.75, 3.05) is 5.32 Å². The summed E-state index contributed by atoms with van der Waals surface area (Å²) in [7, 11) is 0. The molecule has 0 saturated carbocycles. The van der Waals surface area contributed by atoms with E-state index >= 15 is 0 Å². The van der Waals surface area contributed by atoms with Gasteiger partial charge < -0.3 is 10.6 Å². The van der Waals surface area contributed by atoms with E-state index in [2.05, 4.69) is 10.6 Å². The molecule has 2 N–H and O–H groups in total. The summed E-state index contributed by atoms with van der Waals surface area (Å²) < 4.78 is 37.0. The highest BCUT2D eigenvalue weighted by molar-refractivity contribution is 6.68. The lowest BCUT2D eigenvalue weighted by atomic mass is 10.1. The molecule has 1 aromatic rings. The average molecular weight is 412 g/mol. The number of hydrogen-bond acceptors (Lipinski definition) is 2. The lowest BCUT2D eigenvalue weighted by Gasteiger charge is -2.28. The fraction of sp³-hybridized carbons (Fsp3) is 0.462. The standard InChI is InChI=1S/C13H13Cl4F3N2O/c1-2-3-10(23)22-11(12(15,16)17)21-9-6-7(14)4-5-8(9)13(18,19)20/h4-6,11,21H,2-3H2,1H3,(H,22,23)/t11-/m1/s1. The van der Waals surface area contributed by atoms with Crippen molar-refractivity contribution in [2.45, 2.75) is 35.9 Å². The van der Waals surface area contributed by atoms with E-state index in [0.29, 0.717) is 6.42 Å². The maximum atomic E-state index is 13.0. The van der Waals surface area contributed by atoms with Gasteiger partial charge >= 0.3 is 6.18 Å². The molecule has 3 nitrogen and oxygen atoms in total. The van der Waals surface area contributed by atoms with E-state index in [9.17, 15) is 18.0 Å². The van der Waals surface area contributed by atoms with Gasteiger partial charge in [0.25, 0.3) is 0 Å². The summed E-state index contributed by atoms with van der Waals surface area (Å²) in [6.45, 7) is 1.76. The molecule has 23 heavy (non-hydrogen) atoms. The molecular weight excluding hydrogens is 399 g/mol. The maximum Gasteiger partial charge on any atom is 0.418 e. The van der Waals surface area contributed by atoms with E-state index < -0.39 is 33.3 Å². The number of hydrogen-bond donors (Lipinski definition) is 2. The number of carbonyl (C=O) groups is 1. The van der Waals surface area contributed by atoms with Crippen LogP contribution in [-0.2, 0) is 11.0 Å². The first kappa shape index (κ1) is 20.5. The van der Waals surface area contributed by atoms with Gasteiger partial charge in [-0.05, 0) is 24.6 Å². The Morgan fingerprint density at radius 1 is 1.26 bits per heavy atom. The smallest absolute Gasteiger partial charge is 0.361 e. The van der Waals surface area contributed by atoms with E-state index in [1.54, 1.807) is 6.92 Å². The van der Waals surface area contributed by atoms with Crippen molar-refractivity contribution in [3.05, 3.63) is 28.8 Å². The molecule has 0 aliphatic rings. The maximum absolute atomic E-state index is 13.0. The molecule has 0 aliphatic carbocycles. The van der Waals surface area contributed by atoms with E-state index in [1.165, 1.54) is 0 Å². The second-order valence-electron chi connectivity index (χ2n) is 4.62. The first-order chi connectivity index (χ1) is 10.4. The van der Waals surface area contributed by atoms with E-state index in [0.717, 1.165) is 18.2 Å². The van der Waals surface area contributed by atoms with Crippen molar-refractivity contribution in [3.8, 4) is 0 Å². The van der Waals surface area contributed by atoms with Gasteiger partial charge in [0.2, 0.25) is 9.70 Å². The molecule has 10 heteroatoms. The molecule has 0 unspecified atom stereocenters. The monoisotopic (exact) mass is 410 g/mol. The van der Waals surface area contributed by atoms with Crippen LogP contribution in [0.1, 0.15) is 25.3 Å². The first-order valence-corrected chi connectivity index (χ1v) is 7.95. The van der Waals surface area contributed by atoms with Crippen LogP contribution < -0.4 is 10.6 Å². The zero-order valence-corrected chi connectivity index (χ0v) is 14.8. The molecule has 0 aromatic heterocycles. The normalized spacial score (nSPS) is 13.6. The summed E-state index contributed by atoms with van der Waals surface area (Å²) in [5.74, 6) is -0.466. The summed E-state index contributed by atoms with van der Waals surface area (Å²) in [6, 6.07) is 2.93. The second-order valence-corrected chi connectivity index (χ2v) is 7.43. The molecule has 0 bridgehead atoms. The Hall–Kier alpha value is -0.560. The quantitative estimate of drug-likeness (QED) is 0.504. The van der Waals surface area contributed by atoms with Gasteiger partial charge in [-0.3, -0.25) is 4.79 Å². The molecular formula is C13H13Cl4F3N2O. The zero-order valence-electron chi connectivity index (χ0n) is 11.8. The summed E-state index contributed by atoms with van der Waals surface area (Å²) in [5.41, 5.74) is -1.40. The zero-order chi connectivity index (χ0) is 17.8. The molecule has 0 saturated heterocycles. The highest BCUT2D eigenvalue weighted by Gasteiger charge is 2.38. The van der Waals surface area contributed by atoms with Gasteiger partial charge in [-0.1, -0.05) is 53.3 Å². The molecule has 0 radical (unpaired) electrons. The van der Waals surface area contributed by atoms with Crippen LogP contribution in [0, 0.1) is 0 Å². The molecule has 1 aromatic carbocycles. The van der Waals surface area contributed by atoms with Gasteiger partial charge in [0.1, 0.15) is 6.17 Å². The molecule has 0 fully saturated rings. The Kier molecular flexibility index (Phi) is 7.13. The van der Waals surface area contributed by atoms with Crippen LogP contribution in [0.5, 0.6) is 0 Å². The molecule has 0 aliphatic heterocycles. The lowest BCUT2D eigenvalue weighted by molar-refractivity contribution is -0.137. The van der Waals surface area contributed by atoms with Crippen molar-refractivity contribution in [1.29, 1.82) is 0 Å². The number of anilines is 1. The largest absolute Gasteiger partial charge is 0.418 e. The van der Waals surface area contributed by atoms with Gasteiger partial charge in [0, 0.05) is 17.1 Å². The van der Waals surface area contributed by atoms with Crippen molar-refractivity contribution in [1.82, 2.24) is 5.32 Å². The predicted octanol–water partition coefficient (Wildman–Crippen LogP) is 5.38. The number of nitrogens with one attached hydrogen (secondary N) is 2. The Bertz CT molecular complexity index is 561. The van der Waals surface area contributed by atoms with Crippen molar-refractivity contribution >= 4 is 58.0 Å². The Balaban J connectivity index is 3.13. The topological polar surface area (TPSA) is 41.1 Å². The number of amides is 1. The average Bonchev–Trinajstić information content (AvgIpc) is 2.35. The van der Waals surface area contributed by atoms with Crippen LogP contribution in [-0.4, -0.2) is 15.9 Å². The third-order valence-corrected chi connectivity index (χ3v) is 3.59. The summed E-state index contributed by atoms with van der Waals surface area (Å²) in [4.78, 5) is 11.7. The van der Waals surface area contributed by atoms with Gasteiger partial charge in [0.15, 0.2) is 0 Å². The van der Waals surface area contributed by atoms with Gasteiger partial charge in [-0.2, -0.15) is 13.2 Å². The summed E-state index contributed by atoms with van der Waals surface area (Å²) in [6.07, 6.45) is -5.34. The Morgan fingerprint density at radius 3 is 2.35 bits per heavy atom. The number of benzene rings is 1. The molecule has 0 heterocycles. The van der Waals surface area contributed by atoms with Crippen LogP contribution in [0.3, 0.4) is 0 Å². The number of alkyl halides is 6. The van der Waals surface area contributed by atoms with Crippen LogP contribution in [0.25, 0.3) is 0 Å². The fourth-order valence-electron chi connectivity index (χ4n) is 1.70. The van der Waals surface area contributed by atoms with Crippen LogP contribution in [0.15, 0.2) is 18.2 Å². The van der Waals surface area contributed by atoms with Crippen LogP contribution >= 0.6 is 46.4 Å². The van der Waals surface area contributed by atoms with Crippen molar-refractivity contribution < 1.29 is 18.0 Å². The third-order valence-electron chi connectivity index (χ3n) is 2.70. The minimum atomic E-state index is -4.64. The Morgan fingerprint density at radius 2 is 1.87 bits per heavy atom. The number of rotatable bonds is 5. The minimum absolute atomic E-state index is 0.0588. The molecule has 1 amide bonds. The minimum Gasteiger partial charge on any atom is -0.361 e. The molecule has 130 valence electrons. The summed E-state index contributed by atoms with van der Waals surface area (Å²) >= 11 is 22.9. The van der Waals surface area contributed by atoms with Crippen LogP contribution in [0.4, 0.5) is 18.9 Å². The Labute approximate surface area is 151 Å². The van der Waals surface area contributed by atoms with Crippen molar-refractivity contribution in [2.24, 2.45) is 0 Å². The fourth-order valence-corrected chi connectivity index (χ4v) is 2.20. The predicted molar refractivity (Wildman–Crippen MR) is 87.2 cm³/mol. The van der Waals surface area contributed by atoms with E-state index in [4.69, 9.17) is 46.4 Å². The lowest BCUT2D eigenvalue weighted by Crippen LogP contribution is -2.49. The number of carbonyl (C=O) groups excluding carboxylic acids is 1. The van der Waals surface area contributed by atoms with E-state index in [1.807, 2.05) is 0 Å². The van der Waals surface area contributed by atoms with E-state index in [-0.39, 0.29) is 11.4 Å². The van der Waals surface area contributed by atoms with Crippen molar-refractivity contribution in [3.63, 3.8) is 0 Å². The highest BCUT2D eigenvalue weighted by atomic mass is 35.6. The molecule has 0 spiro atoms. The van der Waals surface area contributed by atoms with Gasteiger partial charge in [-0.15, -0.1) is 0 Å². The first-order valence-electron chi connectivity index (χ1n) is 6.44. The molecule has 1 rings (SSSR count).